The highest BCUT2D eigenvalue weighted by Gasteiger charge is 2.06. The van der Waals surface area contributed by atoms with Crippen LogP contribution in [-0.2, 0) is 0 Å². The average Bonchev–Trinajstić information content (AvgIpc) is 2.63. The van der Waals surface area contributed by atoms with Crippen LogP contribution in [0.25, 0.3) is 0 Å². The topological polar surface area (TPSA) is 76.7 Å². The van der Waals surface area contributed by atoms with Crippen molar-refractivity contribution in [1.82, 2.24) is 5.32 Å². The molecule has 0 saturated carbocycles. The van der Waals surface area contributed by atoms with Gasteiger partial charge in [0.05, 0.1) is 13.7 Å². The Labute approximate surface area is 151 Å². The molecule has 2 rings (SSSR count). The van der Waals surface area contributed by atoms with Crippen LogP contribution in [0.5, 0.6) is 11.5 Å². The molecule has 0 fully saturated rings. The van der Waals surface area contributed by atoms with Crippen molar-refractivity contribution in [2.24, 2.45) is 0 Å². The van der Waals surface area contributed by atoms with Gasteiger partial charge in [-0.05, 0) is 48.9 Å². The maximum absolute atomic E-state index is 11.8. The minimum Gasteiger partial charge on any atom is -0.493 e. The average molecular weight is 363 g/mol. The van der Waals surface area contributed by atoms with Crippen LogP contribution in [0.3, 0.4) is 0 Å². The van der Waals surface area contributed by atoms with Gasteiger partial charge < -0.3 is 20.1 Å². The summed E-state index contributed by atoms with van der Waals surface area (Å²) in [4.78, 5) is 22.5. The number of hydrogen-bond donors (Lipinski definition) is 2. The van der Waals surface area contributed by atoms with E-state index in [4.69, 9.17) is 21.1 Å². The molecule has 0 aliphatic carbocycles. The molecular weight excluding hydrogens is 344 g/mol. The van der Waals surface area contributed by atoms with E-state index in [0.717, 1.165) is 6.29 Å². The summed E-state index contributed by atoms with van der Waals surface area (Å²) in [5.74, 6) is 1.05. The molecule has 0 bridgehead atoms. The molecule has 0 spiro atoms. The predicted molar refractivity (Wildman–Crippen MR) is 97.0 cm³/mol. The van der Waals surface area contributed by atoms with Gasteiger partial charge in [0.25, 0.3) is 0 Å². The third-order valence-corrected chi connectivity index (χ3v) is 3.54. The number of amides is 2. The van der Waals surface area contributed by atoms with E-state index >= 15 is 0 Å². The molecule has 6 nitrogen and oxygen atoms in total. The minimum atomic E-state index is -0.296. The summed E-state index contributed by atoms with van der Waals surface area (Å²) in [6.07, 6.45) is 1.36. The SMILES string of the molecule is COc1cc(C=O)ccc1OCCCNC(=O)Nc1ccc(Cl)cc1. The standard InChI is InChI=1S/C18H19ClN2O4/c1-24-17-11-13(12-22)3-8-16(17)25-10-2-9-20-18(23)21-15-6-4-14(19)5-7-15/h3-8,11-12H,2,9-10H2,1H3,(H2,20,21,23). The first-order chi connectivity index (χ1) is 12.1. The second-order valence-corrected chi connectivity index (χ2v) is 5.55. The van der Waals surface area contributed by atoms with E-state index in [2.05, 4.69) is 10.6 Å². The maximum atomic E-state index is 11.8. The van der Waals surface area contributed by atoms with Gasteiger partial charge in [-0.25, -0.2) is 4.79 Å². The number of ether oxygens (including phenoxy) is 2. The Morgan fingerprint density at radius 2 is 1.92 bits per heavy atom. The smallest absolute Gasteiger partial charge is 0.319 e. The highest BCUT2D eigenvalue weighted by atomic mass is 35.5. The first-order valence-corrected chi connectivity index (χ1v) is 8.06. The highest BCUT2D eigenvalue weighted by molar-refractivity contribution is 6.30. The molecule has 0 atom stereocenters. The van der Waals surface area contributed by atoms with Gasteiger partial charge in [0.2, 0.25) is 0 Å². The summed E-state index contributed by atoms with van der Waals surface area (Å²) in [6, 6.07) is 11.5. The Bertz CT molecular complexity index is 720. The number of nitrogens with one attached hydrogen (secondary N) is 2. The van der Waals surface area contributed by atoms with E-state index in [-0.39, 0.29) is 6.03 Å². The summed E-state index contributed by atoms with van der Waals surface area (Å²) >= 11 is 5.79. The van der Waals surface area contributed by atoms with Crippen LogP contribution in [0, 0.1) is 0 Å². The zero-order valence-corrected chi connectivity index (χ0v) is 14.5. The van der Waals surface area contributed by atoms with E-state index in [1.165, 1.54) is 7.11 Å². The van der Waals surface area contributed by atoms with Gasteiger partial charge in [-0.2, -0.15) is 0 Å². The predicted octanol–water partition coefficient (Wildman–Crippen LogP) is 3.75. The molecular formula is C18H19ClN2O4. The quantitative estimate of drug-likeness (QED) is 0.554. The number of hydrogen-bond acceptors (Lipinski definition) is 4. The second-order valence-electron chi connectivity index (χ2n) is 5.12. The van der Waals surface area contributed by atoms with Gasteiger partial charge in [-0.1, -0.05) is 11.6 Å². The van der Waals surface area contributed by atoms with Crippen molar-refractivity contribution in [3.63, 3.8) is 0 Å². The van der Waals surface area contributed by atoms with Crippen molar-refractivity contribution in [3.05, 3.63) is 53.1 Å². The van der Waals surface area contributed by atoms with Gasteiger partial charge in [-0.15, -0.1) is 0 Å². The largest absolute Gasteiger partial charge is 0.493 e. The normalized spacial score (nSPS) is 10.0. The van der Waals surface area contributed by atoms with Crippen LogP contribution in [-0.4, -0.2) is 32.6 Å². The minimum absolute atomic E-state index is 0.296. The first kappa shape index (κ1) is 18.6. The van der Waals surface area contributed by atoms with E-state index < -0.39 is 0 Å². The van der Waals surface area contributed by atoms with Crippen LogP contribution >= 0.6 is 11.6 Å². The lowest BCUT2D eigenvalue weighted by atomic mass is 10.2. The molecule has 0 aromatic heterocycles. The number of carbonyl (C=O) groups is 2. The Balaban J connectivity index is 1.70. The number of anilines is 1. The molecule has 132 valence electrons. The van der Waals surface area contributed by atoms with E-state index in [0.29, 0.717) is 47.3 Å². The lowest BCUT2D eigenvalue weighted by Gasteiger charge is -2.11. The fourth-order valence-corrected chi connectivity index (χ4v) is 2.17. The van der Waals surface area contributed by atoms with Gasteiger partial charge >= 0.3 is 6.03 Å². The maximum Gasteiger partial charge on any atom is 0.319 e. The molecule has 0 radical (unpaired) electrons. The van der Waals surface area contributed by atoms with Gasteiger partial charge in [-0.3, -0.25) is 4.79 Å². The number of benzene rings is 2. The molecule has 0 unspecified atom stereocenters. The number of halogens is 1. The third-order valence-electron chi connectivity index (χ3n) is 3.29. The fourth-order valence-electron chi connectivity index (χ4n) is 2.04. The summed E-state index contributed by atoms with van der Waals surface area (Å²) in [6.45, 7) is 0.853. The van der Waals surface area contributed by atoms with Gasteiger partial charge in [0.15, 0.2) is 11.5 Å². The van der Waals surface area contributed by atoms with Crippen molar-refractivity contribution in [2.45, 2.75) is 6.42 Å². The van der Waals surface area contributed by atoms with Crippen molar-refractivity contribution < 1.29 is 19.1 Å². The first-order valence-electron chi connectivity index (χ1n) is 7.69. The molecule has 0 aliphatic rings. The molecule has 2 aromatic carbocycles. The number of methoxy groups -OCH3 is 1. The molecule has 2 N–H and O–H groups in total. The van der Waals surface area contributed by atoms with Crippen molar-refractivity contribution in [3.8, 4) is 11.5 Å². The number of urea groups is 1. The second kappa shape index (κ2) is 9.54. The van der Waals surface area contributed by atoms with Crippen molar-refractivity contribution in [2.75, 3.05) is 25.6 Å². The highest BCUT2D eigenvalue weighted by Crippen LogP contribution is 2.27. The zero-order chi connectivity index (χ0) is 18.1. The van der Waals surface area contributed by atoms with Crippen LogP contribution in [0.1, 0.15) is 16.8 Å². The van der Waals surface area contributed by atoms with E-state index in [1.807, 2.05) is 0 Å². The third kappa shape index (κ3) is 6.00. The molecule has 0 aliphatic heterocycles. The van der Waals surface area contributed by atoms with Gasteiger partial charge in [0.1, 0.15) is 6.29 Å². The van der Waals surface area contributed by atoms with Gasteiger partial charge in [0, 0.05) is 22.8 Å². The van der Waals surface area contributed by atoms with Crippen molar-refractivity contribution in [1.29, 1.82) is 0 Å². The Hall–Kier alpha value is -2.73. The van der Waals surface area contributed by atoms with Crippen LogP contribution in [0.2, 0.25) is 5.02 Å². The molecule has 0 heterocycles. The number of rotatable bonds is 8. The van der Waals surface area contributed by atoms with Crippen LogP contribution < -0.4 is 20.1 Å². The summed E-state index contributed by atoms with van der Waals surface area (Å²) in [5.41, 5.74) is 1.18. The summed E-state index contributed by atoms with van der Waals surface area (Å²) < 4.78 is 10.8. The van der Waals surface area contributed by atoms with Crippen LogP contribution in [0.15, 0.2) is 42.5 Å². The zero-order valence-electron chi connectivity index (χ0n) is 13.8. The molecule has 0 saturated heterocycles. The lowest BCUT2D eigenvalue weighted by Crippen LogP contribution is -2.30. The Morgan fingerprint density at radius 1 is 1.16 bits per heavy atom. The van der Waals surface area contributed by atoms with E-state index in [1.54, 1.807) is 42.5 Å². The van der Waals surface area contributed by atoms with Crippen molar-refractivity contribution >= 4 is 29.6 Å². The monoisotopic (exact) mass is 362 g/mol. The lowest BCUT2D eigenvalue weighted by molar-refractivity contribution is 0.112. The Morgan fingerprint density at radius 3 is 2.60 bits per heavy atom. The number of aldehydes is 1. The number of carbonyl (C=O) groups excluding carboxylic acids is 2. The van der Waals surface area contributed by atoms with E-state index in [9.17, 15) is 9.59 Å². The Kier molecular flexibility index (Phi) is 7.10. The summed E-state index contributed by atoms with van der Waals surface area (Å²) in [7, 11) is 1.51. The molecule has 25 heavy (non-hydrogen) atoms. The van der Waals surface area contributed by atoms with Crippen LogP contribution in [0.4, 0.5) is 10.5 Å². The summed E-state index contributed by atoms with van der Waals surface area (Å²) in [5, 5.41) is 6.06. The molecule has 2 aromatic rings. The molecule has 7 heteroatoms. The fraction of sp³-hybridized carbons (Fsp3) is 0.222. The molecule has 2 amide bonds.